The molecule has 2 heterocycles. The molecule has 1 aromatic rings. The van der Waals surface area contributed by atoms with Gasteiger partial charge < -0.3 is 19.7 Å². The van der Waals surface area contributed by atoms with Gasteiger partial charge in [0.2, 0.25) is 0 Å². The minimum absolute atomic E-state index is 0.302. The van der Waals surface area contributed by atoms with Crippen molar-refractivity contribution in [1.82, 2.24) is 10.2 Å². The molecule has 0 bridgehead atoms. The van der Waals surface area contributed by atoms with Crippen LogP contribution in [0.4, 0.5) is 0 Å². The van der Waals surface area contributed by atoms with E-state index < -0.39 is 0 Å². The summed E-state index contributed by atoms with van der Waals surface area (Å²) in [5, 5.41) is 3.46. The zero-order valence-electron chi connectivity index (χ0n) is 15.1. The lowest BCUT2D eigenvalue weighted by molar-refractivity contribution is 0.0600. The number of ether oxygens (including phenoxy) is 2. The van der Waals surface area contributed by atoms with Gasteiger partial charge in [0.1, 0.15) is 0 Å². The fraction of sp³-hybridized carbons (Fsp3) is 0.579. The second-order valence-corrected chi connectivity index (χ2v) is 6.89. The Hall–Kier alpha value is -2.08. The molecular weight excluding hydrogens is 318 g/mol. The maximum Gasteiger partial charge on any atom is 0.337 e. The highest BCUT2D eigenvalue weighted by atomic mass is 16.5. The van der Waals surface area contributed by atoms with Gasteiger partial charge in [0.15, 0.2) is 5.96 Å². The van der Waals surface area contributed by atoms with Crippen molar-refractivity contribution < 1.29 is 14.3 Å². The quantitative estimate of drug-likeness (QED) is 0.511. The van der Waals surface area contributed by atoms with Crippen molar-refractivity contribution in [2.45, 2.75) is 19.3 Å². The molecule has 136 valence electrons. The van der Waals surface area contributed by atoms with Crippen molar-refractivity contribution in [2.24, 2.45) is 10.4 Å². The smallest absolute Gasteiger partial charge is 0.337 e. The fourth-order valence-corrected chi connectivity index (χ4v) is 3.66. The van der Waals surface area contributed by atoms with Crippen molar-refractivity contribution in [1.29, 1.82) is 0 Å². The highest BCUT2D eigenvalue weighted by Gasteiger charge is 2.42. The molecule has 1 aromatic carbocycles. The van der Waals surface area contributed by atoms with Crippen molar-refractivity contribution in [3.8, 4) is 0 Å². The van der Waals surface area contributed by atoms with Crippen molar-refractivity contribution in [3.63, 3.8) is 0 Å². The van der Waals surface area contributed by atoms with Crippen LogP contribution < -0.4 is 5.32 Å². The molecule has 25 heavy (non-hydrogen) atoms. The molecular formula is C19H27N3O3. The minimum atomic E-state index is -0.302. The SMILES string of the molecule is CN=C(NCCc1ccc(C(=O)OC)cc1)N1CCC2(CCOC2)C1. The first kappa shape index (κ1) is 17.7. The summed E-state index contributed by atoms with van der Waals surface area (Å²) in [6.45, 7) is 4.65. The Balaban J connectivity index is 1.48. The summed E-state index contributed by atoms with van der Waals surface area (Å²) in [5.41, 5.74) is 2.09. The summed E-state index contributed by atoms with van der Waals surface area (Å²) in [7, 11) is 3.23. The molecule has 2 aliphatic rings. The van der Waals surface area contributed by atoms with E-state index in [1.54, 1.807) is 12.1 Å². The Bertz CT molecular complexity index is 621. The number of nitrogens with zero attached hydrogens (tertiary/aromatic N) is 2. The number of likely N-dealkylation sites (tertiary alicyclic amines) is 1. The molecule has 0 radical (unpaired) electrons. The van der Waals surface area contributed by atoms with Gasteiger partial charge in [0.05, 0.1) is 19.3 Å². The van der Waals surface area contributed by atoms with E-state index >= 15 is 0 Å². The lowest BCUT2D eigenvalue weighted by Crippen LogP contribution is -2.42. The molecule has 6 heteroatoms. The summed E-state index contributed by atoms with van der Waals surface area (Å²) in [6.07, 6.45) is 3.22. The molecule has 0 saturated carbocycles. The molecule has 3 rings (SSSR count). The largest absolute Gasteiger partial charge is 0.465 e. The van der Waals surface area contributed by atoms with Gasteiger partial charge in [-0.2, -0.15) is 0 Å². The van der Waals surface area contributed by atoms with Crippen molar-refractivity contribution in [3.05, 3.63) is 35.4 Å². The fourth-order valence-electron chi connectivity index (χ4n) is 3.66. The summed E-state index contributed by atoms with van der Waals surface area (Å²) < 4.78 is 10.3. The van der Waals surface area contributed by atoms with Crippen LogP contribution in [0.15, 0.2) is 29.3 Å². The van der Waals surface area contributed by atoms with Gasteiger partial charge in [-0.1, -0.05) is 12.1 Å². The lowest BCUT2D eigenvalue weighted by atomic mass is 9.87. The summed E-state index contributed by atoms with van der Waals surface area (Å²) >= 11 is 0. The Kier molecular flexibility index (Phi) is 5.58. The number of aliphatic imine (C=N–C) groups is 1. The molecule has 0 aromatic heterocycles. The Morgan fingerprint density at radius 3 is 2.80 bits per heavy atom. The maximum absolute atomic E-state index is 11.5. The average Bonchev–Trinajstić information content (AvgIpc) is 3.29. The van der Waals surface area contributed by atoms with E-state index in [0.29, 0.717) is 11.0 Å². The second kappa shape index (κ2) is 7.87. The second-order valence-electron chi connectivity index (χ2n) is 6.89. The normalized spacial score (nSPS) is 23.3. The monoisotopic (exact) mass is 345 g/mol. The number of guanidine groups is 1. The van der Waals surface area contributed by atoms with Crippen LogP contribution in [-0.2, 0) is 15.9 Å². The van der Waals surface area contributed by atoms with Crippen LogP contribution in [-0.4, -0.2) is 63.8 Å². The first-order chi connectivity index (χ1) is 12.2. The first-order valence-corrected chi connectivity index (χ1v) is 8.86. The van der Waals surface area contributed by atoms with Crippen LogP contribution in [0.3, 0.4) is 0 Å². The molecule has 2 aliphatic heterocycles. The maximum atomic E-state index is 11.5. The van der Waals surface area contributed by atoms with Gasteiger partial charge in [0, 0.05) is 38.7 Å². The number of benzene rings is 1. The number of nitrogens with one attached hydrogen (secondary N) is 1. The molecule has 0 aliphatic carbocycles. The molecule has 2 saturated heterocycles. The third-order valence-corrected chi connectivity index (χ3v) is 5.21. The molecule has 1 N–H and O–H groups in total. The van der Waals surface area contributed by atoms with Crippen LogP contribution in [0.2, 0.25) is 0 Å². The predicted molar refractivity (Wildman–Crippen MR) is 96.9 cm³/mol. The highest BCUT2D eigenvalue weighted by molar-refractivity contribution is 5.89. The third-order valence-electron chi connectivity index (χ3n) is 5.21. The molecule has 1 unspecified atom stereocenters. The van der Waals surface area contributed by atoms with Gasteiger partial charge in [-0.25, -0.2) is 4.79 Å². The van der Waals surface area contributed by atoms with Gasteiger partial charge in [-0.05, 0) is 37.0 Å². The van der Waals surface area contributed by atoms with Crippen LogP contribution in [0.1, 0.15) is 28.8 Å². The zero-order chi connectivity index (χ0) is 17.7. The number of carbonyl (C=O) groups excluding carboxylic acids is 1. The summed E-state index contributed by atoms with van der Waals surface area (Å²) in [5.74, 6) is 0.666. The molecule has 1 atom stereocenters. The number of rotatable bonds is 4. The van der Waals surface area contributed by atoms with Gasteiger partial charge in [-0.3, -0.25) is 4.99 Å². The van der Waals surface area contributed by atoms with E-state index in [4.69, 9.17) is 9.47 Å². The number of hydrogen-bond donors (Lipinski definition) is 1. The topological polar surface area (TPSA) is 63.2 Å². The molecule has 6 nitrogen and oxygen atoms in total. The average molecular weight is 345 g/mol. The van der Waals surface area contributed by atoms with Crippen molar-refractivity contribution in [2.75, 3.05) is 47.0 Å². The number of carbonyl (C=O) groups is 1. The minimum Gasteiger partial charge on any atom is -0.465 e. The Morgan fingerprint density at radius 1 is 1.36 bits per heavy atom. The molecule has 0 amide bonds. The van der Waals surface area contributed by atoms with E-state index in [1.807, 2.05) is 19.2 Å². The van der Waals surface area contributed by atoms with E-state index in [0.717, 1.165) is 51.6 Å². The Labute approximate surface area is 149 Å². The predicted octanol–water partition coefficient (Wildman–Crippen LogP) is 1.70. The number of esters is 1. The Morgan fingerprint density at radius 2 is 2.16 bits per heavy atom. The van der Waals surface area contributed by atoms with Crippen LogP contribution in [0.25, 0.3) is 0 Å². The van der Waals surface area contributed by atoms with E-state index in [1.165, 1.54) is 19.1 Å². The summed E-state index contributed by atoms with van der Waals surface area (Å²) in [4.78, 5) is 18.2. The first-order valence-electron chi connectivity index (χ1n) is 8.86. The highest BCUT2D eigenvalue weighted by Crippen LogP contribution is 2.38. The van der Waals surface area contributed by atoms with E-state index in [-0.39, 0.29) is 5.97 Å². The van der Waals surface area contributed by atoms with Crippen LogP contribution >= 0.6 is 0 Å². The van der Waals surface area contributed by atoms with E-state index in [9.17, 15) is 4.79 Å². The number of methoxy groups -OCH3 is 1. The van der Waals surface area contributed by atoms with Gasteiger partial charge >= 0.3 is 5.97 Å². The number of hydrogen-bond acceptors (Lipinski definition) is 4. The molecule has 1 spiro atoms. The zero-order valence-corrected chi connectivity index (χ0v) is 15.1. The van der Waals surface area contributed by atoms with Crippen molar-refractivity contribution >= 4 is 11.9 Å². The standard InChI is InChI=1S/C19H27N3O3/c1-20-18(22-11-8-19(13-22)9-12-25-14-19)21-10-7-15-3-5-16(6-4-15)17(23)24-2/h3-6H,7-14H2,1-2H3,(H,20,21). The lowest BCUT2D eigenvalue weighted by Gasteiger charge is -2.25. The van der Waals surface area contributed by atoms with Gasteiger partial charge in [0.25, 0.3) is 0 Å². The molecule has 2 fully saturated rings. The van der Waals surface area contributed by atoms with Gasteiger partial charge in [-0.15, -0.1) is 0 Å². The van der Waals surface area contributed by atoms with Crippen LogP contribution in [0, 0.1) is 5.41 Å². The van der Waals surface area contributed by atoms with E-state index in [2.05, 4.69) is 15.2 Å². The third kappa shape index (κ3) is 4.12. The summed E-state index contributed by atoms with van der Waals surface area (Å²) in [6, 6.07) is 7.55. The van der Waals surface area contributed by atoms with Crippen LogP contribution in [0.5, 0.6) is 0 Å².